The predicted molar refractivity (Wildman–Crippen MR) is 91.3 cm³/mol. The van der Waals surface area contributed by atoms with E-state index in [0.29, 0.717) is 12.5 Å². The summed E-state index contributed by atoms with van der Waals surface area (Å²) in [5.74, 6) is 0.594. The van der Waals surface area contributed by atoms with Gasteiger partial charge in [-0.15, -0.1) is 24.8 Å². The van der Waals surface area contributed by atoms with Crippen LogP contribution in [0.25, 0.3) is 0 Å². The third-order valence-corrected chi connectivity index (χ3v) is 2.89. The first-order chi connectivity index (χ1) is 8.59. The maximum Gasteiger partial charge on any atom is 0.0636 e. The maximum absolute atomic E-state index is 9.07. The maximum atomic E-state index is 9.07. The quantitative estimate of drug-likeness (QED) is 0.645. The summed E-state index contributed by atoms with van der Waals surface area (Å²) in [6.45, 7) is 9.56. The van der Waals surface area contributed by atoms with Crippen molar-refractivity contribution in [3.63, 3.8) is 0 Å². The van der Waals surface area contributed by atoms with Gasteiger partial charge in [0.05, 0.1) is 6.10 Å². The molecule has 1 atom stereocenters. The summed E-state index contributed by atoms with van der Waals surface area (Å²) in [6, 6.07) is 8.78. The molecule has 0 saturated carbocycles. The Morgan fingerprint density at radius 1 is 0.950 bits per heavy atom. The Balaban J connectivity index is 0. The minimum absolute atomic E-state index is 0. The second-order valence-corrected chi connectivity index (χ2v) is 5.13. The molecule has 0 aliphatic carbocycles. The van der Waals surface area contributed by atoms with Gasteiger partial charge in [-0.1, -0.05) is 38.1 Å². The van der Waals surface area contributed by atoms with Crippen molar-refractivity contribution in [1.29, 1.82) is 0 Å². The number of hydrogen-bond donors (Lipinski definition) is 3. The zero-order valence-electron chi connectivity index (χ0n) is 12.6. The molecule has 1 unspecified atom stereocenters. The lowest BCUT2D eigenvalue weighted by molar-refractivity contribution is 0.191. The van der Waals surface area contributed by atoms with Gasteiger partial charge in [0.15, 0.2) is 0 Å². The van der Waals surface area contributed by atoms with E-state index in [1.54, 1.807) is 6.92 Å². The van der Waals surface area contributed by atoms with E-state index in [9.17, 15) is 0 Å². The van der Waals surface area contributed by atoms with Crippen molar-refractivity contribution in [2.75, 3.05) is 19.6 Å². The number of aliphatic hydroxyl groups is 1. The van der Waals surface area contributed by atoms with Crippen LogP contribution in [0, 0.1) is 0 Å². The van der Waals surface area contributed by atoms with Gasteiger partial charge in [-0.2, -0.15) is 0 Å². The summed E-state index contributed by atoms with van der Waals surface area (Å²) in [5, 5.41) is 15.6. The van der Waals surface area contributed by atoms with Crippen molar-refractivity contribution in [1.82, 2.24) is 10.6 Å². The van der Waals surface area contributed by atoms with E-state index in [1.165, 1.54) is 11.1 Å². The molecule has 1 aromatic rings. The van der Waals surface area contributed by atoms with Crippen molar-refractivity contribution in [3.8, 4) is 0 Å². The molecule has 3 nitrogen and oxygen atoms in total. The minimum Gasteiger partial charge on any atom is -0.392 e. The molecule has 0 fully saturated rings. The van der Waals surface area contributed by atoms with Crippen LogP contribution in [0.3, 0.4) is 0 Å². The molecule has 1 aromatic carbocycles. The topological polar surface area (TPSA) is 44.3 Å². The molecule has 0 aliphatic rings. The van der Waals surface area contributed by atoms with Crippen molar-refractivity contribution in [2.45, 2.75) is 39.3 Å². The molecule has 0 aliphatic heterocycles. The van der Waals surface area contributed by atoms with E-state index >= 15 is 0 Å². The second-order valence-electron chi connectivity index (χ2n) is 5.13. The van der Waals surface area contributed by atoms with Gasteiger partial charge >= 0.3 is 0 Å². The molecule has 0 amide bonds. The Labute approximate surface area is 135 Å². The van der Waals surface area contributed by atoms with Crippen LogP contribution in [-0.4, -0.2) is 30.8 Å². The number of hydrogen-bond acceptors (Lipinski definition) is 3. The lowest BCUT2D eigenvalue weighted by Crippen LogP contribution is -2.31. The van der Waals surface area contributed by atoms with E-state index in [1.807, 2.05) is 0 Å². The summed E-state index contributed by atoms with van der Waals surface area (Å²) < 4.78 is 0. The number of rotatable bonds is 8. The first-order valence-electron chi connectivity index (χ1n) is 6.78. The summed E-state index contributed by atoms with van der Waals surface area (Å²) in [7, 11) is 0. The molecular formula is C15H28Cl2N2O. The summed E-state index contributed by atoms with van der Waals surface area (Å²) in [4.78, 5) is 0. The molecule has 0 heterocycles. The Bertz CT molecular complexity index is 329. The molecule has 0 radical (unpaired) electrons. The van der Waals surface area contributed by atoms with Gasteiger partial charge in [0.2, 0.25) is 0 Å². The van der Waals surface area contributed by atoms with Crippen molar-refractivity contribution in [2.24, 2.45) is 0 Å². The van der Waals surface area contributed by atoms with Gasteiger partial charge in [-0.3, -0.25) is 0 Å². The first kappa shape index (κ1) is 22.0. The van der Waals surface area contributed by atoms with Crippen LogP contribution in [0.2, 0.25) is 0 Å². The van der Waals surface area contributed by atoms with E-state index in [2.05, 4.69) is 48.7 Å². The highest BCUT2D eigenvalue weighted by atomic mass is 35.5. The van der Waals surface area contributed by atoms with Gasteiger partial charge in [0.1, 0.15) is 0 Å². The molecule has 0 aromatic heterocycles. The highest BCUT2D eigenvalue weighted by molar-refractivity contribution is 5.85. The van der Waals surface area contributed by atoms with Crippen LogP contribution < -0.4 is 10.6 Å². The van der Waals surface area contributed by atoms with Crippen LogP contribution in [0.15, 0.2) is 24.3 Å². The van der Waals surface area contributed by atoms with Crippen LogP contribution in [0.4, 0.5) is 0 Å². The third-order valence-electron chi connectivity index (χ3n) is 2.89. The molecule has 20 heavy (non-hydrogen) atoms. The molecule has 0 saturated heterocycles. The van der Waals surface area contributed by atoms with E-state index < -0.39 is 0 Å². The molecule has 0 spiro atoms. The highest BCUT2D eigenvalue weighted by Crippen LogP contribution is 2.14. The lowest BCUT2D eigenvalue weighted by Gasteiger charge is -2.09. The molecule has 0 bridgehead atoms. The van der Waals surface area contributed by atoms with Gasteiger partial charge in [0, 0.05) is 26.2 Å². The van der Waals surface area contributed by atoms with Crippen LogP contribution in [0.1, 0.15) is 37.8 Å². The third kappa shape index (κ3) is 9.56. The lowest BCUT2D eigenvalue weighted by atomic mass is 10.0. The standard InChI is InChI=1S/C15H26N2O.2ClH/c1-12(2)15-6-4-14(5-7-15)11-17-9-8-16-10-13(3)18;;/h4-7,12-13,16-18H,8-11H2,1-3H3;2*1H. The number of aliphatic hydroxyl groups excluding tert-OH is 1. The van der Waals surface area contributed by atoms with E-state index in [-0.39, 0.29) is 30.9 Å². The Morgan fingerprint density at radius 3 is 2.00 bits per heavy atom. The van der Waals surface area contributed by atoms with Gasteiger partial charge in [-0.25, -0.2) is 0 Å². The summed E-state index contributed by atoms with van der Waals surface area (Å²) in [5.41, 5.74) is 2.70. The number of nitrogens with one attached hydrogen (secondary N) is 2. The molecule has 1 rings (SSSR count). The zero-order valence-corrected chi connectivity index (χ0v) is 14.2. The Hall–Kier alpha value is -0.320. The first-order valence-corrected chi connectivity index (χ1v) is 6.78. The molecule has 5 heteroatoms. The number of benzene rings is 1. The van der Waals surface area contributed by atoms with Crippen LogP contribution in [0.5, 0.6) is 0 Å². The number of halogens is 2. The second kappa shape index (κ2) is 12.4. The van der Waals surface area contributed by atoms with Gasteiger partial charge in [-0.05, 0) is 24.0 Å². The molecule has 118 valence electrons. The smallest absolute Gasteiger partial charge is 0.0636 e. The highest BCUT2D eigenvalue weighted by Gasteiger charge is 1.98. The van der Waals surface area contributed by atoms with Gasteiger partial charge in [0.25, 0.3) is 0 Å². The predicted octanol–water partition coefficient (Wildman–Crippen LogP) is 2.71. The summed E-state index contributed by atoms with van der Waals surface area (Å²) >= 11 is 0. The SMILES string of the molecule is CC(O)CNCCNCc1ccc(C(C)C)cc1.Cl.Cl. The van der Waals surface area contributed by atoms with Crippen LogP contribution >= 0.6 is 24.8 Å². The fraction of sp³-hybridized carbons (Fsp3) is 0.600. The van der Waals surface area contributed by atoms with E-state index in [4.69, 9.17) is 5.11 Å². The van der Waals surface area contributed by atoms with Crippen molar-refractivity contribution >= 4 is 24.8 Å². The van der Waals surface area contributed by atoms with Crippen molar-refractivity contribution in [3.05, 3.63) is 35.4 Å². The van der Waals surface area contributed by atoms with Crippen molar-refractivity contribution < 1.29 is 5.11 Å². The normalized spacial score (nSPS) is 11.7. The zero-order chi connectivity index (χ0) is 13.4. The average Bonchev–Trinajstić information content (AvgIpc) is 2.34. The monoisotopic (exact) mass is 322 g/mol. The fourth-order valence-corrected chi connectivity index (χ4v) is 1.74. The fourth-order valence-electron chi connectivity index (χ4n) is 1.74. The minimum atomic E-state index is -0.270. The summed E-state index contributed by atoms with van der Waals surface area (Å²) in [6.07, 6.45) is -0.270. The molecular weight excluding hydrogens is 295 g/mol. The van der Waals surface area contributed by atoms with E-state index in [0.717, 1.165) is 19.6 Å². The Morgan fingerprint density at radius 2 is 1.50 bits per heavy atom. The Kier molecular flexibility index (Phi) is 13.6. The van der Waals surface area contributed by atoms with Gasteiger partial charge < -0.3 is 15.7 Å². The van der Waals surface area contributed by atoms with Crippen LogP contribution in [-0.2, 0) is 6.54 Å². The largest absolute Gasteiger partial charge is 0.392 e. The molecule has 3 N–H and O–H groups in total. The average molecular weight is 323 g/mol.